The Hall–Kier alpha value is -2.86. The lowest BCUT2D eigenvalue weighted by molar-refractivity contribution is 0.0973. The Morgan fingerprint density at radius 2 is 1.50 bits per heavy atom. The van der Waals surface area contributed by atoms with Gasteiger partial charge in [-0.1, -0.05) is 41.5 Å². The van der Waals surface area contributed by atoms with Crippen molar-refractivity contribution in [2.24, 2.45) is 0 Å². The lowest BCUT2D eigenvalue weighted by atomic mass is 9.78. The Balaban J connectivity index is 1.58. The van der Waals surface area contributed by atoms with Crippen molar-refractivity contribution in [3.8, 4) is 5.75 Å². The zero-order valence-corrected chi connectivity index (χ0v) is 25.9. The molecule has 0 saturated carbocycles. The maximum atomic E-state index is 14.1. The third-order valence-electron chi connectivity index (χ3n) is 8.99. The summed E-state index contributed by atoms with van der Waals surface area (Å²) in [5.41, 5.74) is 6.09. The van der Waals surface area contributed by atoms with Crippen LogP contribution in [-0.2, 0) is 17.4 Å². The number of phenolic OH excluding ortho intramolecular Hbond substituents is 1. The first-order chi connectivity index (χ1) is 18.7. The molecule has 2 aliphatic rings. The molecule has 6 heteroatoms. The quantitative estimate of drug-likeness (QED) is 0.342. The summed E-state index contributed by atoms with van der Waals surface area (Å²) in [5, 5.41) is 11.2. The predicted octanol–water partition coefficient (Wildman–Crippen LogP) is 6.90. The molecule has 0 amide bonds. The van der Waals surface area contributed by atoms with Crippen LogP contribution in [0.3, 0.4) is 0 Å². The fraction of sp³-hybridized carbons (Fsp3) is 0.588. The number of hydrogen-bond acceptors (Lipinski definition) is 5. The van der Waals surface area contributed by atoms with Gasteiger partial charge >= 0.3 is 0 Å². The number of fused-ring (bicyclic) bond motifs is 1. The zero-order chi connectivity index (χ0) is 29.0. The molecule has 1 N–H and O–H groups in total. The summed E-state index contributed by atoms with van der Waals surface area (Å²) in [6.07, 6.45) is 4.89. The van der Waals surface area contributed by atoms with Crippen molar-refractivity contribution in [2.45, 2.75) is 104 Å². The van der Waals surface area contributed by atoms with Gasteiger partial charge in [-0.05, 0) is 98.8 Å². The molecule has 2 saturated heterocycles. The largest absolute Gasteiger partial charge is 0.507 e. The highest BCUT2D eigenvalue weighted by atomic mass is 16.3. The number of anilines is 1. The first-order valence-electron chi connectivity index (χ1n) is 15.1. The van der Waals surface area contributed by atoms with Crippen molar-refractivity contribution < 1.29 is 9.90 Å². The van der Waals surface area contributed by atoms with Gasteiger partial charge in [0.2, 0.25) is 5.95 Å². The topological polar surface area (TPSA) is 61.6 Å². The molecule has 3 aromatic rings. The van der Waals surface area contributed by atoms with Crippen LogP contribution in [0.5, 0.6) is 5.75 Å². The molecule has 2 fully saturated rings. The SMILES string of the molecule is Cc1cc2nc(N3CCC[C@H]3CN3CCCC3)n(CC(=O)c3cc(C(C)(C)C)c(O)c(C(C)(C)C)c3)c2cc1C. The summed E-state index contributed by atoms with van der Waals surface area (Å²) in [7, 11) is 0. The molecule has 0 unspecified atom stereocenters. The Morgan fingerprint density at radius 3 is 2.10 bits per heavy atom. The van der Waals surface area contributed by atoms with E-state index in [2.05, 4.69) is 81.9 Å². The second-order valence-electron chi connectivity index (χ2n) is 14.3. The molecule has 216 valence electrons. The molecule has 1 aromatic heterocycles. The number of Topliss-reactive ketones (excluding diaryl/α,β-unsaturated/α-hetero) is 1. The normalized spacial score (nSPS) is 18.8. The Labute approximate surface area is 240 Å². The van der Waals surface area contributed by atoms with E-state index in [1.165, 1.54) is 37.1 Å². The van der Waals surface area contributed by atoms with E-state index in [1.807, 2.05) is 12.1 Å². The number of carbonyl (C=O) groups is 1. The van der Waals surface area contributed by atoms with Gasteiger partial charge in [-0.3, -0.25) is 4.79 Å². The number of nitrogens with zero attached hydrogens (tertiary/aromatic N) is 4. The molecule has 0 bridgehead atoms. The highest BCUT2D eigenvalue weighted by molar-refractivity contribution is 5.98. The average Bonchev–Trinajstić information content (AvgIpc) is 3.60. The van der Waals surface area contributed by atoms with E-state index in [0.29, 0.717) is 17.4 Å². The zero-order valence-electron chi connectivity index (χ0n) is 25.9. The van der Waals surface area contributed by atoms with Gasteiger partial charge < -0.3 is 19.5 Å². The number of carbonyl (C=O) groups excluding carboxylic acids is 1. The number of hydrogen-bond donors (Lipinski definition) is 1. The minimum Gasteiger partial charge on any atom is -0.507 e. The Kier molecular flexibility index (Phi) is 7.54. The van der Waals surface area contributed by atoms with Crippen LogP contribution in [0.15, 0.2) is 24.3 Å². The molecule has 0 radical (unpaired) electrons. The van der Waals surface area contributed by atoms with E-state index in [4.69, 9.17) is 4.98 Å². The fourth-order valence-electron chi connectivity index (χ4n) is 6.47. The van der Waals surface area contributed by atoms with E-state index in [1.54, 1.807) is 0 Å². The third kappa shape index (κ3) is 5.52. The second kappa shape index (κ2) is 10.5. The predicted molar refractivity (Wildman–Crippen MR) is 165 cm³/mol. The number of rotatable bonds is 6. The van der Waals surface area contributed by atoms with Crippen LogP contribution < -0.4 is 4.90 Å². The van der Waals surface area contributed by atoms with Crippen molar-refractivity contribution in [2.75, 3.05) is 31.1 Å². The van der Waals surface area contributed by atoms with E-state index < -0.39 is 0 Å². The molecule has 5 rings (SSSR count). The number of aryl methyl sites for hydroxylation is 2. The van der Waals surface area contributed by atoms with Crippen molar-refractivity contribution in [3.63, 3.8) is 0 Å². The number of likely N-dealkylation sites (tertiary alicyclic amines) is 1. The van der Waals surface area contributed by atoms with Crippen molar-refractivity contribution >= 4 is 22.8 Å². The molecule has 2 aliphatic heterocycles. The maximum Gasteiger partial charge on any atom is 0.207 e. The lowest BCUT2D eigenvalue weighted by Crippen LogP contribution is -2.40. The van der Waals surface area contributed by atoms with E-state index in [-0.39, 0.29) is 23.2 Å². The van der Waals surface area contributed by atoms with Crippen molar-refractivity contribution in [1.82, 2.24) is 14.5 Å². The number of benzene rings is 2. The van der Waals surface area contributed by atoms with Crippen LogP contribution in [0.4, 0.5) is 5.95 Å². The van der Waals surface area contributed by atoms with Crippen LogP contribution in [0, 0.1) is 13.8 Å². The van der Waals surface area contributed by atoms with Crippen LogP contribution in [-0.4, -0.2) is 57.6 Å². The fourth-order valence-corrected chi connectivity index (χ4v) is 6.47. The molecule has 40 heavy (non-hydrogen) atoms. The van der Waals surface area contributed by atoms with Gasteiger partial charge in [0.1, 0.15) is 5.75 Å². The highest BCUT2D eigenvalue weighted by Gasteiger charge is 2.33. The number of phenols is 1. The molecule has 6 nitrogen and oxygen atoms in total. The van der Waals surface area contributed by atoms with Gasteiger partial charge in [0.15, 0.2) is 5.78 Å². The van der Waals surface area contributed by atoms with Crippen LogP contribution in [0.1, 0.15) is 99.8 Å². The molecule has 0 aliphatic carbocycles. The van der Waals surface area contributed by atoms with Gasteiger partial charge in [0, 0.05) is 35.8 Å². The highest BCUT2D eigenvalue weighted by Crippen LogP contribution is 2.40. The van der Waals surface area contributed by atoms with Gasteiger partial charge in [0.05, 0.1) is 17.6 Å². The number of ketones is 1. The van der Waals surface area contributed by atoms with Crippen LogP contribution >= 0.6 is 0 Å². The third-order valence-corrected chi connectivity index (χ3v) is 8.99. The molecule has 0 spiro atoms. The van der Waals surface area contributed by atoms with E-state index in [9.17, 15) is 9.90 Å². The van der Waals surface area contributed by atoms with Gasteiger partial charge in [-0.2, -0.15) is 0 Å². The first kappa shape index (κ1) is 28.7. The van der Waals surface area contributed by atoms with E-state index >= 15 is 0 Å². The Bertz CT molecular complexity index is 1380. The molecule has 1 atom stereocenters. The van der Waals surface area contributed by atoms with E-state index in [0.717, 1.165) is 54.0 Å². The van der Waals surface area contributed by atoms with Crippen LogP contribution in [0.25, 0.3) is 11.0 Å². The van der Waals surface area contributed by atoms with Crippen molar-refractivity contribution in [3.05, 3.63) is 52.1 Å². The average molecular weight is 545 g/mol. The summed E-state index contributed by atoms with van der Waals surface area (Å²) in [6.45, 7) is 21.4. The lowest BCUT2D eigenvalue weighted by Gasteiger charge is -2.30. The minimum absolute atomic E-state index is 0.0464. The van der Waals surface area contributed by atoms with Crippen LogP contribution in [0.2, 0.25) is 0 Å². The summed E-state index contributed by atoms with van der Waals surface area (Å²) < 4.78 is 2.16. The molecular formula is C34H48N4O2. The first-order valence-corrected chi connectivity index (χ1v) is 15.1. The number of imidazole rings is 1. The number of aromatic nitrogens is 2. The summed E-state index contributed by atoms with van der Waals surface area (Å²) in [5.74, 6) is 1.27. The van der Waals surface area contributed by atoms with Gasteiger partial charge in [0.25, 0.3) is 0 Å². The monoisotopic (exact) mass is 544 g/mol. The van der Waals surface area contributed by atoms with Gasteiger partial charge in [-0.15, -0.1) is 0 Å². The second-order valence-corrected chi connectivity index (χ2v) is 14.3. The minimum atomic E-state index is -0.291. The summed E-state index contributed by atoms with van der Waals surface area (Å²) >= 11 is 0. The summed E-state index contributed by atoms with van der Waals surface area (Å²) in [6, 6.07) is 8.59. The standard InChI is InChI=1S/C34H48N4O2/c1-22-16-28-29(17-23(22)2)38(32(35-28)37-15-11-12-25(37)20-36-13-9-10-14-36)21-30(39)24-18-26(33(3,4)5)31(40)27(19-24)34(6,7)8/h16-19,25,40H,9-15,20-21H2,1-8H3/t25-/m0/s1. The molecular weight excluding hydrogens is 496 g/mol. The molecule has 3 heterocycles. The number of aromatic hydroxyl groups is 1. The Morgan fingerprint density at radius 1 is 0.900 bits per heavy atom. The maximum absolute atomic E-state index is 14.1. The molecule has 2 aromatic carbocycles. The van der Waals surface area contributed by atoms with Gasteiger partial charge in [-0.25, -0.2) is 4.98 Å². The summed E-state index contributed by atoms with van der Waals surface area (Å²) in [4.78, 5) is 24.4. The van der Waals surface area contributed by atoms with Crippen molar-refractivity contribution in [1.29, 1.82) is 0 Å². The smallest absolute Gasteiger partial charge is 0.207 e.